The van der Waals surface area contributed by atoms with E-state index in [4.69, 9.17) is 17.3 Å². The van der Waals surface area contributed by atoms with Crippen LogP contribution in [0.1, 0.15) is 11.5 Å². The summed E-state index contributed by atoms with van der Waals surface area (Å²) in [4.78, 5) is 10.1. The molecule has 0 amide bonds. The minimum absolute atomic E-state index is 0.0889. The summed E-state index contributed by atoms with van der Waals surface area (Å²) in [7, 11) is -4.08. The van der Waals surface area contributed by atoms with E-state index < -0.39 is 31.6 Å². The van der Waals surface area contributed by atoms with Crippen LogP contribution in [0.3, 0.4) is 0 Å². The Bertz CT molecular complexity index is 905. The number of nitrogens with two attached hydrogens (primary N) is 1. The van der Waals surface area contributed by atoms with Crippen LogP contribution in [0.4, 0.5) is 5.69 Å². The summed E-state index contributed by atoms with van der Waals surface area (Å²) in [6.07, 6.45) is 0. The monoisotopic (exact) mass is 381 g/mol. The SMILES string of the molecule is N[C@@H]1CN(S(=O)(=O)c2cc(Cl)ccc2[N+](=O)[O-])C[C@H]1c1ccccc1. The number of halogens is 1. The van der Waals surface area contributed by atoms with E-state index in [-0.39, 0.29) is 24.0 Å². The second kappa shape index (κ2) is 6.72. The number of hydrogen-bond donors (Lipinski definition) is 1. The van der Waals surface area contributed by atoms with Crippen molar-refractivity contribution in [2.24, 2.45) is 5.73 Å². The molecule has 3 rings (SSSR count). The zero-order valence-corrected chi connectivity index (χ0v) is 14.7. The Labute approximate surface area is 150 Å². The van der Waals surface area contributed by atoms with Crippen molar-refractivity contribution in [1.29, 1.82) is 0 Å². The van der Waals surface area contributed by atoms with Crippen LogP contribution in [0.15, 0.2) is 53.4 Å². The minimum atomic E-state index is -4.08. The first-order chi connectivity index (χ1) is 11.8. The molecule has 9 heteroatoms. The molecule has 1 aliphatic rings. The predicted molar refractivity (Wildman–Crippen MR) is 94.0 cm³/mol. The summed E-state index contributed by atoms with van der Waals surface area (Å²) in [5.41, 5.74) is 6.58. The van der Waals surface area contributed by atoms with Gasteiger partial charge in [-0.3, -0.25) is 10.1 Å². The number of sulfonamides is 1. The molecule has 2 atom stereocenters. The molecule has 0 unspecified atom stereocenters. The van der Waals surface area contributed by atoms with Crippen LogP contribution < -0.4 is 5.73 Å². The normalized spacial score (nSPS) is 21.4. The van der Waals surface area contributed by atoms with Crippen LogP contribution in [0.2, 0.25) is 5.02 Å². The van der Waals surface area contributed by atoms with Gasteiger partial charge in [0.2, 0.25) is 10.0 Å². The molecule has 1 saturated heterocycles. The van der Waals surface area contributed by atoms with E-state index in [9.17, 15) is 18.5 Å². The first-order valence-corrected chi connectivity index (χ1v) is 9.37. The summed E-state index contributed by atoms with van der Waals surface area (Å²) >= 11 is 5.86. The molecule has 0 aliphatic carbocycles. The number of benzene rings is 2. The molecule has 2 aromatic rings. The summed E-state index contributed by atoms with van der Waals surface area (Å²) < 4.78 is 27.1. The zero-order valence-electron chi connectivity index (χ0n) is 13.1. The lowest BCUT2D eigenvalue weighted by Crippen LogP contribution is -2.32. The van der Waals surface area contributed by atoms with Crippen molar-refractivity contribution >= 4 is 27.3 Å². The average molecular weight is 382 g/mol. The van der Waals surface area contributed by atoms with Gasteiger partial charge in [-0.05, 0) is 17.7 Å². The molecular formula is C16H16ClN3O4S. The van der Waals surface area contributed by atoms with Gasteiger partial charge in [-0.25, -0.2) is 8.42 Å². The lowest BCUT2D eigenvalue weighted by Gasteiger charge is -2.16. The molecule has 0 saturated carbocycles. The van der Waals surface area contributed by atoms with Crippen LogP contribution in [0.25, 0.3) is 0 Å². The summed E-state index contributed by atoms with van der Waals surface area (Å²) in [5, 5.41) is 11.3. The molecule has 0 radical (unpaired) electrons. The van der Waals surface area contributed by atoms with Crippen LogP contribution >= 0.6 is 11.6 Å². The number of hydrogen-bond acceptors (Lipinski definition) is 5. The zero-order chi connectivity index (χ0) is 18.2. The number of rotatable bonds is 4. The fraction of sp³-hybridized carbons (Fsp3) is 0.250. The largest absolute Gasteiger partial charge is 0.326 e. The Morgan fingerprint density at radius 1 is 1.16 bits per heavy atom. The summed E-state index contributed by atoms with van der Waals surface area (Å²) in [6.45, 7) is 0.253. The van der Waals surface area contributed by atoms with Crippen molar-refractivity contribution in [3.05, 3.63) is 69.2 Å². The minimum Gasteiger partial charge on any atom is -0.326 e. The molecule has 7 nitrogen and oxygen atoms in total. The lowest BCUT2D eigenvalue weighted by molar-refractivity contribution is -0.387. The molecule has 0 aromatic heterocycles. The quantitative estimate of drug-likeness (QED) is 0.646. The number of nitro groups is 1. The van der Waals surface area contributed by atoms with Gasteiger partial charge >= 0.3 is 0 Å². The lowest BCUT2D eigenvalue weighted by atomic mass is 9.95. The van der Waals surface area contributed by atoms with E-state index in [2.05, 4.69) is 0 Å². The van der Waals surface area contributed by atoms with Crippen LogP contribution in [0, 0.1) is 10.1 Å². The molecule has 1 heterocycles. The number of nitrogens with zero attached hydrogens (tertiary/aromatic N) is 2. The van der Waals surface area contributed by atoms with Gasteiger partial charge in [0.25, 0.3) is 5.69 Å². The Hall–Kier alpha value is -2.00. The Morgan fingerprint density at radius 2 is 1.84 bits per heavy atom. The number of nitro benzene ring substituents is 1. The van der Waals surface area contributed by atoms with Crippen molar-refractivity contribution in [2.45, 2.75) is 16.9 Å². The first kappa shape index (κ1) is 17.8. The molecule has 2 N–H and O–H groups in total. The fourth-order valence-electron chi connectivity index (χ4n) is 3.03. The highest BCUT2D eigenvalue weighted by Gasteiger charge is 2.40. The van der Waals surface area contributed by atoms with Crippen molar-refractivity contribution in [2.75, 3.05) is 13.1 Å². The second-order valence-corrected chi connectivity index (χ2v) is 8.22. The third-order valence-electron chi connectivity index (χ3n) is 4.30. The first-order valence-electron chi connectivity index (χ1n) is 7.55. The van der Waals surface area contributed by atoms with E-state index >= 15 is 0 Å². The van der Waals surface area contributed by atoms with Gasteiger partial charge in [0.1, 0.15) is 0 Å². The van der Waals surface area contributed by atoms with E-state index in [0.717, 1.165) is 17.7 Å². The molecule has 1 fully saturated rings. The Morgan fingerprint density at radius 3 is 2.48 bits per heavy atom. The topological polar surface area (TPSA) is 107 Å². The maximum Gasteiger partial charge on any atom is 0.289 e. The average Bonchev–Trinajstić information content (AvgIpc) is 2.98. The third kappa shape index (κ3) is 3.38. The highest BCUT2D eigenvalue weighted by atomic mass is 35.5. The van der Waals surface area contributed by atoms with E-state index in [0.29, 0.717) is 0 Å². The standard InChI is InChI=1S/C16H16ClN3O4S/c17-12-6-7-15(20(21)22)16(8-12)25(23,24)19-9-13(14(18)10-19)11-4-2-1-3-5-11/h1-8,13-14H,9-10,18H2/t13-,14+/m0/s1. The van der Waals surface area contributed by atoms with Gasteiger partial charge in [0, 0.05) is 36.1 Å². The van der Waals surface area contributed by atoms with Crippen LogP contribution in [-0.2, 0) is 10.0 Å². The van der Waals surface area contributed by atoms with Gasteiger partial charge in [-0.15, -0.1) is 0 Å². The highest BCUT2D eigenvalue weighted by Crippen LogP contribution is 2.34. The molecule has 2 aromatic carbocycles. The summed E-state index contributed by atoms with van der Waals surface area (Å²) in [5.74, 6) is -0.172. The van der Waals surface area contributed by atoms with Gasteiger partial charge in [-0.2, -0.15) is 4.31 Å². The maximum absolute atomic E-state index is 12.9. The maximum atomic E-state index is 12.9. The Kier molecular flexibility index (Phi) is 4.79. The Balaban J connectivity index is 1.97. The van der Waals surface area contributed by atoms with Crippen molar-refractivity contribution in [3.8, 4) is 0 Å². The van der Waals surface area contributed by atoms with Crippen molar-refractivity contribution in [1.82, 2.24) is 4.31 Å². The van der Waals surface area contributed by atoms with Gasteiger partial charge in [0.05, 0.1) is 4.92 Å². The molecule has 1 aliphatic heterocycles. The van der Waals surface area contributed by atoms with Crippen molar-refractivity contribution < 1.29 is 13.3 Å². The fourth-order valence-corrected chi connectivity index (χ4v) is 4.95. The molecular weight excluding hydrogens is 366 g/mol. The second-order valence-electron chi connectivity index (χ2n) is 5.87. The van der Waals surface area contributed by atoms with E-state index in [1.807, 2.05) is 30.3 Å². The summed E-state index contributed by atoms with van der Waals surface area (Å²) in [6, 6.07) is 12.5. The van der Waals surface area contributed by atoms with Crippen LogP contribution in [0.5, 0.6) is 0 Å². The van der Waals surface area contributed by atoms with Gasteiger partial charge < -0.3 is 5.73 Å². The smallest absolute Gasteiger partial charge is 0.289 e. The van der Waals surface area contributed by atoms with Gasteiger partial charge in [0.15, 0.2) is 4.90 Å². The van der Waals surface area contributed by atoms with Gasteiger partial charge in [-0.1, -0.05) is 41.9 Å². The van der Waals surface area contributed by atoms with E-state index in [1.165, 1.54) is 10.4 Å². The van der Waals surface area contributed by atoms with Crippen LogP contribution in [-0.4, -0.2) is 36.8 Å². The molecule has 25 heavy (non-hydrogen) atoms. The highest BCUT2D eigenvalue weighted by molar-refractivity contribution is 7.89. The third-order valence-corrected chi connectivity index (χ3v) is 6.39. The molecule has 0 bridgehead atoms. The van der Waals surface area contributed by atoms with E-state index in [1.54, 1.807) is 0 Å². The molecule has 0 spiro atoms. The molecule has 132 valence electrons. The van der Waals surface area contributed by atoms with Crippen molar-refractivity contribution in [3.63, 3.8) is 0 Å². The predicted octanol–water partition coefficient (Wildman–Crippen LogP) is 2.36.